The molecule has 0 spiro atoms. The quantitative estimate of drug-likeness (QED) is 0.435. The van der Waals surface area contributed by atoms with Gasteiger partial charge in [0.25, 0.3) is 10.4 Å². The number of benzene rings is 1. The van der Waals surface area contributed by atoms with Crippen LogP contribution in [0, 0.1) is 17.3 Å². The minimum atomic E-state index is -5.08. The van der Waals surface area contributed by atoms with E-state index in [9.17, 15) is 19.4 Å². The van der Waals surface area contributed by atoms with Crippen molar-refractivity contribution in [1.29, 1.82) is 0 Å². The predicted octanol–water partition coefficient (Wildman–Crippen LogP) is -0.253. The van der Waals surface area contributed by atoms with Gasteiger partial charge in [-0.25, -0.2) is 8.42 Å². The summed E-state index contributed by atoms with van der Waals surface area (Å²) in [6.07, 6.45) is -3.85. The molecule has 0 unspecified atom stereocenters. The molecule has 132 valence electrons. The maximum absolute atomic E-state index is 10.9. The van der Waals surface area contributed by atoms with E-state index in [1.54, 1.807) is 0 Å². The van der Waals surface area contributed by atoms with Gasteiger partial charge in [-0.05, 0) is 84.8 Å². The van der Waals surface area contributed by atoms with Crippen LogP contribution < -0.4 is 33.7 Å². The van der Waals surface area contributed by atoms with E-state index in [-0.39, 0.29) is 53.0 Å². The zero-order valence-corrected chi connectivity index (χ0v) is 17.1. The van der Waals surface area contributed by atoms with Crippen molar-refractivity contribution in [3.63, 3.8) is 0 Å². The molecule has 0 amide bonds. The molecule has 0 aliphatic heterocycles. The number of aliphatic hydroxyl groups is 1. The third-order valence-corrected chi connectivity index (χ3v) is 6.36. The molecule has 3 aliphatic rings. The summed E-state index contributed by atoms with van der Waals surface area (Å²) in [5, 5.41) is 10.5. The van der Waals surface area contributed by atoms with Gasteiger partial charge in [0, 0.05) is 6.85 Å². The Morgan fingerprint density at radius 1 is 1.40 bits per heavy atom. The fraction of sp³-hybridized carbons (Fsp3) is 0.667. The van der Waals surface area contributed by atoms with E-state index < -0.39 is 52.2 Å². The summed E-state index contributed by atoms with van der Waals surface area (Å²) in [4.78, 5) is 0. The summed E-state index contributed by atoms with van der Waals surface area (Å²) >= 11 is 0. The smallest absolute Gasteiger partial charge is 0.716 e. The second-order valence-electron chi connectivity index (χ2n) is 7.18. The van der Waals surface area contributed by atoms with Crippen molar-refractivity contribution in [2.45, 2.75) is 57.4 Å². The van der Waals surface area contributed by atoms with Crippen molar-refractivity contribution in [1.82, 2.24) is 0 Å². The molecule has 5 nitrogen and oxygen atoms in total. The SMILES string of the molecule is [2H]C1([2H])c2cc(OS(=O)(=O)[O-])ccc2[C@@]2([2H])CC[C@]3(C)[C@@H](O)CC[C@H]3[C@@H]2C1([2H])[2H].[Na+]. The minimum absolute atomic E-state index is 0. The first-order valence-electron chi connectivity index (χ1n) is 10.6. The molecule has 3 aliphatic carbocycles. The number of hydrogen-bond donors (Lipinski definition) is 1. The van der Waals surface area contributed by atoms with Crippen molar-refractivity contribution in [2.75, 3.05) is 0 Å². The van der Waals surface area contributed by atoms with Gasteiger partial charge >= 0.3 is 29.6 Å². The third-order valence-electron chi connectivity index (χ3n) is 5.97. The van der Waals surface area contributed by atoms with Crippen LogP contribution in [0.5, 0.6) is 5.75 Å². The van der Waals surface area contributed by atoms with E-state index in [2.05, 4.69) is 4.18 Å². The van der Waals surface area contributed by atoms with Gasteiger partial charge in [-0.1, -0.05) is 13.0 Å². The Balaban J connectivity index is 0.00000256. The van der Waals surface area contributed by atoms with Crippen molar-refractivity contribution in [2.24, 2.45) is 17.3 Å². The topological polar surface area (TPSA) is 86.7 Å². The Bertz CT molecular complexity index is 974. The maximum atomic E-state index is 10.9. The van der Waals surface area contributed by atoms with Gasteiger partial charge in [0.05, 0.1) is 6.10 Å². The van der Waals surface area contributed by atoms with Gasteiger partial charge in [0.15, 0.2) is 0 Å². The first-order chi connectivity index (χ1) is 13.1. The molecule has 0 aromatic heterocycles. The molecule has 1 N–H and O–H groups in total. The molecule has 5 atom stereocenters. The van der Waals surface area contributed by atoms with Gasteiger partial charge in [-0.2, -0.15) is 0 Å². The fourth-order valence-electron chi connectivity index (χ4n) is 4.67. The summed E-state index contributed by atoms with van der Waals surface area (Å²) < 4.78 is 81.0. The number of aliphatic hydroxyl groups excluding tert-OH is 1. The molecule has 1 aromatic carbocycles. The van der Waals surface area contributed by atoms with Gasteiger partial charge in [0.1, 0.15) is 5.75 Å². The number of hydrogen-bond acceptors (Lipinski definition) is 5. The van der Waals surface area contributed by atoms with Gasteiger partial charge < -0.3 is 13.8 Å². The van der Waals surface area contributed by atoms with Crippen LogP contribution in [0.25, 0.3) is 0 Å². The molecule has 0 bridgehead atoms. The van der Waals surface area contributed by atoms with Crippen LogP contribution in [0.1, 0.15) is 62.9 Å². The predicted molar refractivity (Wildman–Crippen MR) is 87.4 cm³/mol. The summed E-state index contributed by atoms with van der Waals surface area (Å²) in [5.41, 5.74) is -0.464. The van der Waals surface area contributed by atoms with Crippen LogP contribution in [0.3, 0.4) is 0 Å². The van der Waals surface area contributed by atoms with Crippen molar-refractivity contribution >= 4 is 10.4 Å². The molecule has 4 rings (SSSR count). The zero-order valence-electron chi connectivity index (χ0n) is 19.3. The zero-order chi connectivity index (χ0) is 21.6. The second kappa shape index (κ2) is 6.80. The van der Waals surface area contributed by atoms with Crippen LogP contribution in [0.2, 0.25) is 0 Å². The molecule has 1 aromatic rings. The van der Waals surface area contributed by atoms with Crippen LogP contribution in [0.4, 0.5) is 0 Å². The standard InChI is InChI=1S/C18H24O5S.Na/c1-18-9-8-14-13-5-3-12(23-24(20,21)22)10-11(13)2-4-15(14)16(18)6-7-17(18)19;/h3,5,10,14-17,19H,2,4,6-9H2,1H3,(H,20,21,22);/q;+1/p-1/t14-,15-,16+,17+,18+;/m1./s1/i2D2,4D2,14D;. The normalized spacial score (nSPS) is 46.5. The molecule has 0 saturated heterocycles. The Morgan fingerprint density at radius 3 is 2.88 bits per heavy atom. The third kappa shape index (κ3) is 3.42. The van der Waals surface area contributed by atoms with E-state index in [1.165, 1.54) is 12.1 Å². The van der Waals surface area contributed by atoms with Gasteiger partial charge in [-0.3, -0.25) is 0 Å². The van der Waals surface area contributed by atoms with Crippen LogP contribution >= 0.6 is 0 Å². The molecule has 0 heterocycles. The van der Waals surface area contributed by atoms with Crippen LogP contribution in [0.15, 0.2) is 18.2 Å². The molecule has 0 radical (unpaired) electrons. The van der Waals surface area contributed by atoms with Crippen LogP contribution in [-0.2, 0) is 16.8 Å². The first-order valence-corrected chi connectivity index (χ1v) is 9.46. The molecular formula is C18H23NaO5S. The Labute approximate surface area is 178 Å². The number of fused-ring (bicyclic) bond motifs is 5. The average molecular weight is 379 g/mol. The first kappa shape index (κ1) is 14.0. The largest absolute Gasteiger partial charge is 1.00 e. The monoisotopic (exact) mass is 379 g/mol. The summed E-state index contributed by atoms with van der Waals surface area (Å²) in [5.74, 6) is -3.19. The van der Waals surface area contributed by atoms with E-state index in [0.29, 0.717) is 19.3 Å². The minimum Gasteiger partial charge on any atom is -0.716 e. The second-order valence-corrected chi connectivity index (χ2v) is 8.16. The van der Waals surface area contributed by atoms with E-state index in [0.717, 1.165) is 6.07 Å². The van der Waals surface area contributed by atoms with Gasteiger partial charge in [0.2, 0.25) is 0 Å². The fourth-order valence-corrected chi connectivity index (χ4v) is 5.01. The van der Waals surface area contributed by atoms with E-state index in [1.807, 2.05) is 6.92 Å². The van der Waals surface area contributed by atoms with Crippen molar-refractivity contribution in [3.8, 4) is 5.75 Å². The van der Waals surface area contributed by atoms with E-state index in [4.69, 9.17) is 5.48 Å². The molecule has 2 saturated carbocycles. The summed E-state index contributed by atoms with van der Waals surface area (Å²) in [6.45, 7) is 1.89. The summed E-state index contributed by atoms with van der Waals surface area (Å²) in [7, 11) is -5.08. The van der Waals surface area contributed by atoms with E-state index >= 15 is 0 Å². The summed E-state index contributed by atoms with van der Waals surface area (Å²) in [6, 6.07) is 3.60. The van der Waals surface area contributed by atoms with Crippen molar-refractivity contribution in [3.05, 3.63) is 29.3 Å². The van der Waals surface area contributed by atoms with Crippen molar-refractivity contribution < 1.29 is 58.7 Å². The average Bonchev–Trinajstić information content (AvgIpc) is 2.87. The Kier molecular flexibility index (Phi) is 3.80. The molecule has 7 heteroatoms. The Hall–Kier alpha value is -0.110. The molecular weight excluding hydrogens is 351 g/mol. The Morgan fingerprint density at radius 2 is 2.16 bits per heavy atom. The molecule has 2 fully saturated rings. The number of aryl methyl sites for hydroxylation is 1. The van der Waals surface area contributed by atoms with Gasteiger partial charge in [-0.15, -0.1) is 0 Å². The number of rotatable bonds is 2. The van der Waals surface area contributed by atoms with Crippen LogP contribution in [-0.4, -0.2) is 24.2 Å². The maximum Gasteiger partial charge on any atom is 1.00 e. The molecule has 25 heavy (non-hydrogen) atoms.